The summed E-state index contributed by atoms with van der Waals surface area (Å²) in [5, 5.41) is 13.1. The molecule has 1 aliphatic carbocycles. The Morgan fingerprint density at radius 3 is 2.50 bits per heavy atom. The Bertz CT molecular complexity index is 398. The van der Waals surface area contributed by atoms with E-state index < -0.39 is 0 Å². The van der Waals surface area contributed by atoms with E-state index in [1.807, 2.05) is 0 Å². The Morgan fingerprint density at radius 1 is 1.20 bits per heavy atom. The fraction of sp³-hybridized carbons (Fsp3) is 0.667. The molecule has 112 valence electrons. The van der Waals surface area contributed by atoms with Crippen LogP contribution in [0.2, 0.25) is 0 Å². The summed E-state index contributed by atoms with van der Waals surface area (Å²) in [7, 11) is 0. The summed E-state index contributed by atoms with van der Waals surface area (Å²) >= 11 is 0. The van der Waals surface area contributed by atoms with Gasteiger partial charge in [-0.3, -0.25) is 0 Å². The van der Waals surface area contributed by atoms with E-state index in [0.29, 0.717) is 11.8 Å². The highest BCUT2D eigenvalue weighted by molar-refractivity contribution is 5.26. The Balaban J connectivity index is 2.04. The molecule has 2 rings (SSSR count). The lowest BCUT2D eigenvalue weighted by Crippen LogP contribution is -2.42. The largest absolute Gasteiger partial charge is 0.508 e. The molecule has 2 heteroatoms. The van der Waals surface area contributed by atoms with Crippen LogP contribution in [0.1, 0.15) is 45.6 Å². The molecule has 2 nitrogen and oxygen atoms in total. The minimum atomic E-state index is 0.362. The fourth-order valence-electron chi connectivity index (χ4n) is 3.60. The lowest BCUT2D eigenvalue weighted by atomic mass is 9.71. The van der Waals surface area contributed by atoms with Crippen LogP contribution in [0.4, 0.5) is 0 Å². The molecule has 20 heavy (non-hydrogen) atoms. The van der Waals surface area contributed by atoms with Gasteiger partial charge in [0.1, 0.15) is 5.75 Å². The second-order valence-electron chi connectivity index (χ2n) is 6.61. The van der Waals surface area contributed by atoms with Gasteiger partial charge in [-0.2, -0.15) is 0 Å². The first-order chi connectivity index (χ1) is 9.60. The van der Waals surface area contributed by atoms with Gasteiger partial charge in [-0.25, -0.2) is 0 Å². The zero-order chi connectivity index (χ0) is 14.5. The number of phenols is 1. The average Bonchev–Trinajstić information content (AvgIpc) is 2.43. The molecule has 1 aromatic carbocycles. The predicted octanol–water partition coefficient (Wildman–Crippen LogP) is 3.99. The summed E-state index contributed by atoms with van der Waals surface area (Å²) in [6.45, 7) is 7.97. The van der Waals surface area contributed by atoms with Crippen LogP contribution < -0.4 is 5.32 Å². The maximum absolute atomic E-state index is 9.40. The highest BCUT2D eigenvalue weighted by Crippen LogP contribution is 2.35. The number of rotatable bonds is 5. The van der Waals surface area contributed by atoms with Crippen LogP contribution in [-0.4, -0.2) is 17.7 Å². The van der Waals surface area contributed by atoms with Crippen molar-refractivity contribution in [3.05, 3.63) is 29.8 Å². The summed E-state index contributed by atoms with van der Waals surface area (Å²) in [5.41, 5.74) is 1.35. The molecule has 1 aliphatic rings. The van der Waals surface area contributed by atoms with Gasteiger partial charge in [0.2, 0.25) is 0 Å². The van der Waals surface area contributed by atoms with E-state index in [4.69, 9.17) is 0 Å². The molecule has 0 bridgehead atoms. The summed E-state index contributed by atoms with van der Waals surface area (Å²) < 4.78 is 0. The van der Waals surface area contributed by atoms with Gasteiger partial charge >= 0.3 is 0 Å². The zero-order valence-electron chi connectivity index (χ0n) is 13.1. The summed E-state index contributed by atoms with van der Waals surface area (Å²) in [5.74, 6) is 2.74. The molecular formula is C18H29NO. The van der Waals surface area contributed by atoms with Gasteiger partial charge in [0.25, 0.3) is 0 Å². The summed E-state index contributed by atoms with van der Waals surface area (Å²) in [4.78, 5) is 0. The number of hydrogen-bond donors (Lipinski definition) is 2. The molecule has 0 amide bonds. The molecule has 0 radical (unpaired) electrons. The smallest absolute Gasteiger partial charge is 0.115 e. The number of hydrogen-bond acceptors (Lipinski definition) is 2. The Kier molecular flexibility index (Phi) is 5.47. The molecule has 2 N–H and O–H groups in total. The topological polar surface area (TPSA) is 32.3 Å². The first-order valence-corrected chi connectivity index (χ1v) is 8.11. The van der Waals surface area contributed by atoms with Crippen molar-refractivity contribution in [2.75, 3.05) is 6.54 Å². The van der Waals surface area contributed by atoms with Crippen LogP contribution in [-0.2, 0) is 6.42 Å². The van der Waals surface area contributed by atoms with Crippen LogP contribution in [0.15, 0.2) is 24.3 Å². The second-order valence-corrected chi connectivity index (χ2v) is 6.61. The van der Waals surface area contributed by atoms with Gasteiger partial charge in [0, 0.05) is 6.04 Å². The van der Waals surface area contributed by atoms with Gasteiger partial charge < -0.3 is 10.4 Å². The number of benzene rings is 1. The monoisotopic (exact) mass is 275 g/mol. The first-order valence-electron chi connectivity index (χ1n) is 8.11. The normalized spacial score (nSPS) is 26.9. The Hall–Kier alpha value is -1.02. The van der Waals surface area contributed by atoms with Crippen molar-refractivity contribution in [2.24, 2.45) is 17.8 Å². The van der Waals surface area contributed by atoms with Crippen molar-refractivity contribution in [3.8, 4) is 5.75 Å². The highest BCUT2D eigenvalue weighted by Gasteiger charge is 2.31. The molecule has 3 atom stereocenters. The number of nitrogens with one attached hydrogen (secondary N) is 1. The zero-order valence-corrected chi connectivity index (χ0v) is 13.1. The predicted molar refractivity (Wildman–Crippen MR) is 84.9 cm³/mol. The van der Waals surface area contributed by atoms with Crippen molar-refractivity contribution < 1.29 is 5.11 Å². The SMILES string of the molecule is CCNC1CCC(C(C)C)CC1Cc1ccc(O)cc1. The molecule has 3 unspecified atom stereocenters. The van der Waals surface area contributed by atoms with Crippen molar-refractivity contribution in [1.82, 2.24) is 5.32 Å². The van der Waals surface area contributed by atoms with Gasteiger partial charge in [0.15, 0.2) is 0 Å². The summed E-state index contributed by atoms with van der Waals surface area (Å²) in [6, 6.07) is 8.40. The maximum atomic E-state index is 9.40. The summed E-state index contributed by atoms with van der Waals surface area (Å²) in [6.07, 6.45) is 5.12. The molecule has 1 aromatic rings. The van der Waals surface area contributed by atoms with Crippen LogP contribution in [0.25, 0.3) is 0 Å². The minimum absolute atomic E-state index is 0.362. The lowest BCUT2D eigenvalue weighted by Gasteiger charge is -2.38. The van der Waals surface area contributed by atoms with Gasteiger partial charge in [-0.05, 0) is 67.7 Å². The fourth-order valence-corrected chi connectivity index (χ4v) is 3.60. The molecule has 0 aliphatic heterocycles. The lowest BCUT2D eigenvalue weighted by molar-refractivity contribution is 0.169. The van der Waals surface area contributed by atoms with E-state index in [-0.39, 0.29) is 0 Å². The van der Waals surface area contributed by atoms with Gasteiger partial charge in [0.05, 0.1) is 0 Å². The second kappa shape index (κ2) is 7.12. The number of phenolic OH excluding ortho intramolecular Hbond substituents is 1. The van der Waals surface area contributed by atoms with E-state index >= 15 is 0 Å². The van der Waals surface area contributed by atoms with E-state index in [1.165, 1.54) is 24.8 Å². The van der Waals surface area contributed by atoms with E-state index in [9.17, 15) is 5.11 Å². The third kappa shape index (κ3) is 3.99. The Morgan fingerprint density at radius 2 is 1.90 bits per heavy atom. The van der Waals surface area contributed by atoms with Crippen molar-refractivity contribution in [2.45, 2.75) is 52.5 Å². The van der Waals surface area contributed by atoms with Gasteiger partial charge in [-0.1, -0.05) is 32.9 Å². The average molecular weight is 275 g/mol. The molecule has 0 heterocycles. The third-order valence-corrected chi connectivity index (χ3v) is 4.87. The molecular weight excluding hydrogens is 246 g/mol. The quantitative estimate of drug-likeness (QED) is 0.851. The molecule has 0 aromatic heterocycles. The minimum Gasteiger partial charge on any atom is -0.508 e. The molecule has 1 fully saturated rings. The van der Waals surface area contributed by atoms with Crippen LogP contribution >= 0.6 is 0 Å². The van der Waals surface area contributed by atoms with Crippen LogP contribution in [0, 0.1) is 17.8 Å². The van der Waals surface area contributed by atoms with Gasteiger partial charge in [-0.15, -0.1) is 0 Å². The van der Waals surface area contributed by atoms with Crippen LogP contribution in [0.5, 0.6) is 5.75 Å². The van der Waals surface area contributed by atoms with Crippen molar-refractivity contribution >= 4 is 0 Å². The maximum Gasteiger partial charge on any atom is 0.115 e. The van der Waals surface area contributed by atoms with Crippen molar-refractivity contribution in [1.29, 1.82) is 0 Å². The van der Waals surface area contributed by atoms with Crippen molar-refractivity contribution in [3.63, 3.8) is 0 Å². The first kappa shape index (κ1) is 15.4. The van der Waals surface area contributed by atoms with E-state index in [2.05, 4.69) is 38.2 Å². The van der Waals surface area contributed by atoms with Crippen LogP contribution in [0.3, 0.4) is 0 Å². The highest BCUT2D eigenvalue weighted by atomic mass is 16.3. The molecule has 0 saturated heterocycles. The molecule has 0 spiro atoms. The van der Waals surface area contributed by atoms with E-state index in [0.717, 1.165) is 30.7 Å². The van der Waals surface area contributed by atoms with E-state index in [1.54, 1.807) is 12.1 Å². The standard InChI is InChI=1S/C18H29NO/c1-4-19-18-10-7-15(13(2)3)12-16(18)11-14-5-8-17(20)9-6-14/h5-6,8-9,13,15-16,18-20H,4,7,10-12H2,1-3H3. The molecule has 1 saturated carbocycles. The third-order valence-electron chi connectivity index (χ3n) is 4.87. The Labute approximate surface area is 123 Å². The number of aromatic hydroxyl groups is 1.